The van der Waals surface area contributed by atoms with E-state index in [9.17, 15) is 14.4 Å². The first-order chi connectivity index (χ1) is 15.7. The van der Waals surface area contributed by atoms with E-state index < -0.39 is 0 Å². The summed E-state index contributed by atoms with van der Waals surface area (Å²) >= 11 is 0. The molecule has 1 aromatic rings. The van der Waals surface area contributed by atoms with Crippen molar-refractivity contribution in [1.82, 2.24) is 9.80 Å². The highest BCUT2D eigenvalue weighted by Gasteiger charge is 2.30. The maximum Gasteiger partial charge on any atom is 0.257 e. The standard InChI is InChI=1S/C23H35N3O7/c1-15-10-26(22(28)14-31-5)16(2)12-33-19-8-7-17(24-21(27)13-30-4)9-18(19)23(29)25(3)11-20(15)32-6/h7-9,15-16,20H,10-14H2,1-6H3,(H,24,27)/t15-,16-,20-/m1/s1. The second kappa shape index (κ2) is 12.5. The number of hydrogen-bond acceptors (Lipinski definition) is 7. The molecule has 1 N–H and O–H groups in total. The monoisotopic (exact) mass is 465 g/mol. The Kier molecular flexibility index (Phi) is 10.1. The Hall–Kier alpha value is -2.69. The Morgan fingerprint density at radius 3 is 2.45 bits per heavy atom. The lowest BCUT2D eigenvalue weighted by Crippen LogP contribution is -2.49. The molecule has 3 atom stereocenters. The molecule has 0 radical (unpaired) electrons. The molecule has 2 rings (SSSR count). The molecular formula is C23H35N3O7. The number of carbonyl (C=O) groups excluding carboxylic acids is 3. The molecule has 3 amide bonds. The maximum atomic E-state index is 13.3. The van der Waals surface area contributed by atoms with Crippen molar-refractivity contribution in [2.75, 3.05) is 66.6 Å². The van der Waals surface area contributed by atoms with Crippen LogP contribution in [0.2, 0.25) is 0 Å². The number of methoxy groups -OCH3 is 3. The molecule has 1 aromatic carbocycles. The molecule has 10 heteroatoms. The van der Waals surface area contributed by atoms with Gasteiger partial charge in [0.2, 0.25) is 11.8 Å². The number of hydrogen-bond donors (Lipinski definition) is 1. The fraction of sp³-hybridized carbons (Fsp3) is 0.609. The summed E-state index contributed by atoms with van der Waals surface area (Å²) in [4.78, 5) is 41.2. The highest BCUT2D eigenvalue weighted by Crippen LogP contribution is 2.26. The molecule has 0 spiro atoms. The number of benzene rings is 1. The molecule has 33 heavy (non-hydrogen) atoms. The first-order valence-corrected chi connectivity index (χ1v) is 10.8. The molecule has 0 saturated carbocycles. The van der Waals surface area contributed by atoms with E-state index in [0.717, 1.165) is 0 Å². The van der Waals surface area contributed by atoms with Crippen molar-refractivity contribution in [2.24, 2.45) is 5.92 Å². The number of carbonyl (C=O) groups is 3. The lowest BCUT2D eigenvalue weighted by atomic mass is 10.0. The van der Waals surface area contributed by atoms with Gasteiger partial charge in [-0.2, -0.15) is 0 Å². The summed E-state index contributed by atoms with van der Waals surface area (Å²) in [6, 6.07) is 4.61. The van der Waals surface area contributed by atoms with E-state index in [-0.39, 0.29) is 55.6 Å². The quantitative estimate of drug-likeness (QED) is 0.674. The van der Waals surface area contributed by atoms with Crippen molar-refractivity contribution in [3.8, 4) is 5.75 Å². The van der Waals surface area contributed by atoms with Gasteiger partial charge in [-0.15, -0.1) is 0 Å². The van der Waals surface area contributed by atoms with Crippen LogP contribution in [-0.2, 0) is 23.8 Å². The molecule has 1 heterocycles. The van der Waals surface area contributed by atoms with Crippen LogP contribution in [0, 0.1) is 5.92 Å². The first-order valence-electron chi connectivity index (χ1n) is 10.8. The average molecular weight is 466 g/mol. The summed E-state index contributed by atoms with van der Waals surface area (Å²) in [6.45, 7) is 4.67. The summed E-state index contributed by atoms with van der Waals surface area (Å²) < 4.78 is 21.6. The Morgan fingerprint density at radius 1 is 1.12 bits per heavy atom. The van der Waals surface area contributed by atoms with Gasteiger partial charge in [0, 0.05) is 53.1 Å². The number of nitrogens with zero attached hydrogens (tertiary/aromatic N) is 2. The molecule has 0 fully saturated rings. The molecule has 0 aliphatic carbocycles. The predicted molar refractivity (Wildman–Crippen MR) is 122 cm³/mol. The van der Waals surface area contributed by atoms with Crippen LogP contribution in [0.25, 0.3) is 0 Å². The van der Waals surface area contributed by atoms with Crippen molar-refractivity contribution in [3.05, 3.63) is 23.8 Å². The second-order valence-corrected chi connectivity index (χ2v) is 8.27. The van der Waals surface area contributed by atoms with Gasteiger partial charge in [-0.3, -0.25) is 14.4 Å². The molecule has 1 aliphatic heterocycles. The van der Waals surface area contributed by atoms with Gasteiger partial charge in [0.25, 0.3) is 5.91 Å². The lowest BCUT2D eigenvalue weighted by molar-refractivity contribution is -0.139. The van der Waals surface area contributed by atoms with Gasteiger partial charge < -0.3 is 34.1 Å². The van der Waals surface area contributed by atoms with Gasteiger partial charge in [-0.25, -0.2) is 0 Å². The normalized spacial score (nSPS) is 22.0. The minimum atomic E-state index is -0.332. The fourth-order valence-electron chi connectivity index (χ4n) is 3.74. The van der Waals surface area contributed by atoms with Crippen molar-refractivity contribution in [3.63, 3.8) is 0 Å². The van der Waals surface area contributed by atoms with E-state index in [2.05, 4.69) is 5.32 Å². The topological polar surface area (TPSA) is 107 Å². The zero-order valence-corrected chi connectivity index (χ0v) is 20.3. The van der Waals surface area contributed by atoms with E-state index in [4.69, 9.17) is 18.9 Å². The summed E-state index contributed by atoms with van der Waals surface area (Å²) in [7, 11) is 6.19. The fourth-order valence-corrected chi connectivity index (χ4v) is 3.74. The zero-order chi connectivity index (χ0) is 24.5. The van der Waals surface area contributed by atoms with Crippen LogP contribution < -0.4 is 10.1 Å². The maximum absolute atomic E-state index is 13.3. The Bertz CT molecular complexity index is 832. The van der Waals surface area contributed by atoms with Crippen LogP contribution in [-0.4, -0.2) is 101 Å². The number of rotatable bonds is 6. The third-order valence-corrected chi connectivity index (χ3v) is 5.59. The smallest absolute Gasteiger partial charge is 0.257 e. The molecule has 184 valence electrons. The average Bonchev–Trinajstić information content (AvgIpc) is 2.78. The molecular weight excluding hydrogens is 430 g/mol. The van der Waals surface area contributed by atoms with Gasteiger partial charge in [0.15, 0.2) is 0 Å². The summed E-state index contributed by atoms with van der Waals surface area (Å²) in [6.07, 6.45) is -0.294. The van der Waals surface area contributed by atoms with Crippen LogP contribution in [0.4, 0.5) is 5.69 Å². The van der Waals surface area contributed by atoms with Crippen LogP contribution in [0.15, 0.2) is 18.2 Å². The van der Waals surface area contributed by atoms with Gasteiger partial charge in [0.1, 0.15) is 25.6 Å². The van der Waals surface area contributed by atoms with Crippen LogP contribution in [0.1, 0.15) is 24.2 Å². The first kappa shape index (κ1) is 26.6. The summed E-state index contributed by atoms with van der Waals surface area (Å²) in [5.41, 5.74) is 0.757. The number of ether oxygens (including phenoxy) is 4. The third-order valence-electron chi connectivity index (χ3n) is 5.59. The van der Waals surface area contributed by atoms with Crippen molar-refractivity contribution in [2.45, 2.75) is 26.0 Å². The summed E-state index contributed by atoms with van der Waals surface area (Å²) in [5, 5.41) is 2.70. The predicted octanol–water partition coefficient (Wildman–Crippen LogP) is 1.25. The summed E-state index contributed by atoms with van der Waals surface area (Å²) in [5.74, 6) is -0.422. The molecule has 0 unspecified atom stereocenters. The second-order valence-electron chi connectivity index (χ2n) is 8.27. The number of nitrogens with one attached hydrogen (secondary N) is 1. The molecule has 10 nitrogen and oxygen atoms in total. The van der Waals surface area contributed by atoms with E-state index in [0.29, 0.717) is 30.1 Å². The van der Waals surface area contributed by atoms with E-state index in [1.165, 1.54) is 14.2 Å². The van der Waals surface area contributed by atoms with Gasteiger partial charge in [-0.05, 0) is 25.1 Å². The lowest BCUT2D eigenvalue weighted by Gasteiger charge is -2.36. The van der Waals surface area contributed by atoms with Gasteiger partial charge in [-0.1, -0.05) is 6.92 Å². The van der Waals surface area contributed by atoms with Crippen LogP contribution in [0.3, 0.4) is 0 Å². The Morgan fingerprint density at radius 2 is 1.82 bits per heavy atom. The zero-order valence-electron chi connectivity index (χ0n) is 20.3. The highest BCUT2D eigenvalue weighted by molar-refractivity contribution is 5.99. The molecule has 1 aliphatic rings. The van der Waals surface area contributed by atoms with E-state index in [1.807, 2.05) is 13.8 Å². The van der Waals surface area contributed by atoms with Crippen molar-refractivity contribution >= 4 is 23.4 Å². The molecule has 0 bridgehead atoms. The SMILES string of the molecule is COCC(=O)Nc1ccc2c(c1)C(=O)N(C)C[C@@H](OC)[C@H](C)CN(C(=O)COC)[C@H](C)CO2. The van der Waals surface area contributed by atoms with E-state index >= 15 is 0 Å². The van der Waals surface area contributed by atoms with Crippen molar-refractivity contribution < 1.29 is 33.3 Å². The molecule has 0 aromatic heterocycles. The largest absolute Gasteiger partial charge is 0.491 e. The Balaban J connectivity index is 2.42. The van der Waals surface area contributed by atoms with Gasteiger partial charge in [0.05, 0.1) is 17.7 Å². The van der Waals surface area contributed by atoms with E-state index in [1.54, 1.807) is 42.2 Å². The number of likely N-dealkylation sites (N-methyl/N-ethyl adjacent to an activating group) is 1. The number of anilines is 1. The molecule has 0 saturated heterocycles. The van der Waals surface area contributed by atoms with Gasteiger partial charge >= 0.3 is 0 Å². The number of fused-ring (bicyclic) bond motifs is 1. The number of amides is 3. The minimum absolute atomic E-state index is 0.0335. The van der Waals surface area contributed by atoms with Crippen molar-refractivity contribution in [1.29, 1.82) is 0 Å². The highest BCUT2D eigenvalue weighted by atomic mass is 16.5. The van der Waals surface area contributed by atoms with Crippen LogP contribution in [0.5, 0.6) is 5.75 Å². The minimum Gasteiger partial charge on any atom is -0.491 e. The van der Waals surface area contributed by atoms with Crippen LogP contribution >= 0.6 is 0 Å². The Labute approximate surface area is 195 Å². The third kappa shape index (κ3) is 7.15.